The van der Waals surface area contributed by atoms with Crippen LogP contribution >= 0.6 is 0 Å². The molecule has 1 heterocycles. The minimum absolute atomic E-state index is 0.0359. The number of hydrogen-bond acceptors (Lipinski definition) is 5. The van der Waals surface area contributed by atoms with Crippen LogP contribution in [0.3, 0.4) is 0 Å². The average Bonchev–Trinajstić information content (AvgIpc) is 2.71. The van der Waals surface area contributed by atoms with Crippen molar-refractivity contribution >= 4 is 0 Å². The summed E-state index contributed by atoms with van der Waals surface area (Å²) < 4.78 is 17.2. The molecular formula is C24H35NO4. The van der Waals surface area contributed by atoms with Crippen LogP contribution in [0.5, 0.6) is 11.5 Å². The first kappa shape index (κ1) is 23.3. The topological polar surface area (TPSA) is 71.7 Å². The molecule has 29 heavy (non-hydrogen) atoms. The van der Waals surface area contributed by atoms with E-state index in [9.17, 15) is 0 Å². The largest absolute Gasteiger partial charge is 0.483 e. The zero-order chi connectivity index (χ0) is 21.3. The van der Waals surface area contributed by atoms with Crippen LogP contribution in [0, 0.1) is 32.1 Å². The zero-order valence-corrected chi connectivity index (χ0v) is 18.3. The van der Waals surface area contributed by atoms with E-state index in [4.69, 9.17) is 24.6 Å². The van der Waals surface area contributed by atoms with Gasteiger partial charge in [-0.05, 0) is 82.6 Å². The van der Waals surface area contributed by atoms with Crippen molar-refractivity contribution in [3.63, 3.8) is 0 Å². The van der Waals surface area contributed by atoms with E-state index in [0.29, 0.717) is 6.42 Å². The molecule has 0 aliphatic carbocycles. The Morgan fingerprint density at radius 3 is 2.62 bits per heavy atom. The zero-order valence-electron chi connectivity index (χ0n) is 18.3. The molecule has 5 heteroatoms. The third-order valence-electron chi connectivity index (χ3n) is 5.78. The van der Waals surface area contributed by atoms with Crippen molar-refractivity contribution in [3.05, 3.63) is 34.4 Å². The number of fused-ring (bicyclic) bond motifs is 1. The van der Waals surface area contributed by atoms with Gasteiger partial charge in [0.25, 0.3) is 0 Å². The SMILES string of the molecule is Cc1c(C)c2c(c(C)c1OCOCO)CCC(C)(C=CCCCCCCC#N)O2. The number of hydrogen-bond donors (Lipinski definition) is 1. The van der Waals surface area contributed by atoms with E-state index >= 15 is 0 Å². The molecule has 2 rings (SSSR count). The number of aliphatic hydroxyl groups is 1. The van der Waals surface area contributed by atoms with Crippen molar-refractivity contribution in [1.82, 2.24) is 0 Å². The third kappa shape index (κ3) is 6.22. The van der Waals surface area contributed by atoms with Gasteiger partial charge in [0.05, 0.1) is 6.07 Å². The number of nitrogens with zero attached hydrogens (tertiary/aromatic N) is 1. The first-order valence-corrected chi connectivity index (χ1v) is 10.6. The second kappa shape index (κ2) is 11.2. The second-order valence-corrected chi connectivity index (χ2v) is 8.04. The number of benzene rings is 1. The first-order chi connectivity index (χ1) is 13.9. The molecule has 0 spiro atoms. The number of ether oxygens (including phenoxy) is 3. The van der Waals surface area contributed by atoms with Crippen LogP contribution in [0.25, 0.3) is 0 Å². The second-order valence-electron chi connectivity index (χ2n) is 8.04. The molecule has 0 fully saturated rings. The van der Waals surface area contributed by atoms with Crippen molar-refractivity contribution in [2.45, 2.75) is 84.7 Å². The highest BCUT2D eigenvalue weighted by Crippen LogP contribution is 2.44. The Labute approximate surface area is 175 Å². The lowest BCUT2D eigenvalue weighted by molar-refractivity contribution is -0.0658. The average molecular weight is 402 g/mol. The highest BCUT2D eigenvalue weighted by atomic mass is 16.7. The van der Waals surface area contributed by atoms with Gasteiger partial charge in [0.1, 0.15) is 23.9 Å². The molecule has 0 radical (unpaired) electrons. The summed E-state index contributed by atoms with van der Waals surface area (Å²) in [6.45, 7) is 8.01. The van der Waals surface area contributed by atoms with Crippen molar-refractivity contribution in [2.75, 3.05) is 13.6 Å². The Morgan fingerprint density at radius 1 is 1.14 bits per heavy atom. The van der Waals surface area contributed by atoms with Crippen molar-refractivity contribution in [1.29, 1.82) is 5.26 Å². The predicted octanol–water partition coefficient (Wildman–Crippen LogP) is 5.42. The highest BCUT2D eigenvalue weighted by Gasteiger charge is 2.32. The van der Waals surface area contributed by atoms with Crippen molar-refractivity contribution < 1.29 is 19.3 Å². The molecule has 1 N–H and O–H groups in total. The maximum Gasteiger partial charge on any atom is 0.191 e. The van der Waals surface area contributed by atoms with E-state index in [1.165, 1.54) is 12.0 Å². The van der Waals surface area contributed by atoms with Crippen LogP contribution in [0.1, 0.15) is 74.1 Å². The Bertz CT molecular complexity index is 750. The van der Waals surface area contributed by atoms with E-state index < -0.39 is 0 Å². The minimum atomic E-state index is -0.352. The molecular weight excluding hydrogens is 366 g/mol. The fourth-order valence-corrected chi connectivity index (χ4v) is 3.88. The predicted molar refractivity (Wildman–Crippen MR) is 114 cm³/mol. The van der Waals surface area contributed by atoms with Gasteiger partial charge in [0, 0.05) is 12.0 Å². The lowest BCUT2D eigenvalue weighted by Gasteiger charge is -2.36. The quantitative estimate of drug-likeness (QED) is 0.305. The molecule has 0 saturated carbocycles. The molecule has 1 unspecified atom stereocenters. The molecule has 1 aromatic rings. The van der Waals surface area contributed by atoms with Gasteiger partial charge >= 0.3 is 0 Å². The molecule has 1 aliphatic heterocycles. The summed E-state index contributed by atoms with van der Waals surface area (Å²) in [5.74, 6) is 1.80. The fraction of sp³-hybridized carbons (Fsp3) is 0.625. The summed E-state index contributed by atoms with van der Waals surface area (Å²) in [6, 6.07) is 2.20. The first-order valence-electron chi connectivity index (χ1n) is 10.6. The number of aliphatic hydroxyl groups excluding tert-OH is 1. The van der Waals surface area contributed by atoms with Crippen LogP contribution in [-0.4, -0.2) is 24.3 Å². The summed E-state index contributed by atoms with van der Waals surface area (Å²) >= 11 is 0. The van der Waals surface area contributed by atoms with E-state index in [2.05, 4.69) is 39.0 Å². The molecule has 0 aromatic heterocycles. The van der Waals surface area contributed by atoms with E-state index in [1.807, 2.05) is 6.92 Å². The normalized spacial score (nSPS) is 18.3. The van der Waals surface area contributed by atoms with Crippen molar-refractivity contribution in [2.24, 2.45) is 0 Å². The summed E-state index contributed by atoms with van der Waals surface area (Å²) in [5.41, 5.74) is 4.15. The van der Waals surface area contributed by atoms with Gasteiger partial charge in [-0.2, -0.15) is 5.26 Å². The molecule has 1 atom stereocenters. The summed E-state index contributed by atoms with van der Waals surface area (Å²) in [7, 11) is 0. The minimum Gasteiger partial charge on any atom is -0.483 e. The Balaban J connectivity index is 2.02. The van der Waals surface area contributed by atoms with Crippen LogP contribution < -0.4 is 9.47 Å². The molecule has 160 valence electrons. The van der Waals surface area contributed by atoms with E-state index in [1.54, 1.807) is 0 Å². The Morgan fingerprint density at radius 2 is 1.90 bits per heavy atom. The standard InChI is InChI=1S/C24H35NO4/c1-18-19(2)23-21(20(3)22(18)28-17-27-16-26)12-14-24(4,29-23)13-10-8-6-5-7-9-11-15-25/h10,13,26H,5-9,11-12,14,16-17H2,1-4H3. The molecule has 0 amide bonds. The van der Waals surface area contributed by atoms with Crippen LogP contribution in [-0.2, 0) is 11.2 Å². The van der Waals surface area contributed by atoms with Gasteiger partial charge in [-0.1, -0.05) is 18.9 Å². The molecule has 1 aromatic carbocycles. The van der Waals surface area contributed by atoms with Gasteiger partial charge < -0.3 is 19.3 Å². The molecule has 0 saturated heterocycles. The maximum absolute atomic E-state index is 8.80. The fourth-order valence-electron chi connectivity index (χ4n) is 3.88. The van der Waals surface area contributed by atoms with Gasteiger partial charge in [-0.25, -0.2) is 0 Å². The maximum atomic E-state index is 8.80. The lowest BCUT2D eigenvalue weighted by atomic mass is 9.87. The molecule has 5 nitrogen and oxygen atoms in total. The van der Waals surface area contributed by atoms with E-state index in [0.717, 1.165) is 66.7 Å². The summed E-state index contributed by atoms with van der Waals surface area (Å²) in [4.78, 5) is 0. The van der Waals surface area contributed by atoms with Crippen LogP contribution in [0.2, 0.25) is 0 Å². The highest BCUT2D eigenvalue weighted by molar-refractivity contribution is 5.59. The van der Waals surface area contributed by atoms with Crippen LogP contribution in [0.4, 0.5) is 0 Å². The number of unbranched alkanes of at least 4 members (excludes halogenated alkanes) is 5. The molecule has 1 aliphatic rings. The van der Waals surface area contributed by atoms with E-state index in [-0.39, 0.29) is 19.2 Å². The lowest BCUT2D eigenvalue weighted by Crippen LogP contribution is -2.35. The monoisotopic (exact) mass is 401 g/mol. The smallest absolute Gasteiger partial charge is 0.191 e. The third-order valence-corrected chi connectivity index (χ3v) is 5.78. The van der Waals surface area contributed by atoms with Gasteiger partial charge in [0.15, 0.2) is 6.79 Å². The summed E-state index contributed by atoms with van der Waals surface area (Å²) in [6.07, 6.45) is 12.5. The van der Waals surface area contributed by atoms with Gasteiger partial charge in [-0.15, -0.1) is 0 Å². The Hall–Kier alpha value is -2.03. The number of allylic oxidation sites excluding steroid dienone is 1. The number of rotatable bonds is 11. The van der Waals surface area contributed by atoms with Crippen molar-refractivity contribution in [3.8, 4) is 17.6 Å². The number of nitriles is 1. The van der Waals surface area contributed by atoms with Gasteiger partial charge in [-0.3, -0.25) is 0 Å². The molecule has 0 bridgehead atoms. The van der Waals surface area contributed by atoms with Gasteiger partial charge in [0.2, 0.25) is 0 Å². The Kier molecular flexibility index (Phi) is 9.00. The van der Waals surface area contributed by atoms with Crippen LogP contribution in [0.15, 0.2) is 12.2 Å². The summed E-state index contributed by atoms with van der Waals surface area (Å²) in [5, 5.41) is 17.4.